The van der Waals surface area contributed by atoms with Gasteiger partial charge < -0.3 is 5.11 Å². The molecule has 0 aromatic heterocycles. The first-order chi connectivity index (χ1) is 8.97. The van der Waals surface area contributed by atoms with Crippen molar-refractivity contribution in [3.05, 3.63) is 37.9 Å². The lowest BCUT2D eigenvalue weighted by Gasteiger charge is -2.05. The van der Waals surface area contributed by atoms with Crippen LogP contribution in [-0.4, -0.2) is 15.0 Å². The predicted octanol–water partition coefficient (Wildman–Crippen LogP) is 3.33. The van der Waals surface area contributed by atoms with Crippen molar-refractivity contribution in [1.29, 1.82) is 0 Å². The summed E-state index contributed by atoms with van der Waals surface area (Å²) in [5, 5.41) is 31.2. The minimum Gasteiger partial charge on any atom is -0.502 e. The Bertz CT molecular complexity index is 487. The van der Waals surface area contributed by atoms with E-state index in [-0.39, 0.29) is 11.3 Å². The van der Waals surface area contributed by atoms with Gasteiger partial charge in [0.25, 0.3) is 5.69 Å². The number of aryl methyl sites for hydroxylation is 1. The van der Waals surface area contributed by atoms with Gasteiger partial charge in [0.1, 0.15) is 0 Å². The van der Waals surface area contributed by atoms with Crippen molar-refractivity contribution < 1.29 is 15.0 Å². The number of aromatic hydroxyl groups is 1. The summed E-state index contributed by atoms with van der Waals surface area (Å²) in [7, 11) is 0. The minimum atomic E-state index is -0.808. The number of nitro benzene ring substituents is 2. The quantitative estimate of drug-likeness (QED) is 0.463. The third kappa shape index (κ3) is 3.90. The molecule has 0 bridgehead atoms. The first-order valence-electron chi connectivity index (χ1n) is 6.12. The minimum absolute atomic E-state index is 0.261. The Balaban J connectivity index is 3.01. The predicted molar refractivity (Wildman–Crippen MR) is 69.3 cm³/mol. The Morgan fingerprint density at radius 1 is 1.11 bits per heavy atom. The van der Waals surface area contributed by atoms with Gasteiger partial charge in [0.15, 0.2) is 5.75 Å². The van der Waals surface area contributed by atoms with Crippen molar-refractivity contribution in [3.63, 3.8) is 0 Å². The number of nitrogens with zero attached hydrogens (tertiary/aromatic N) is 2. The largest absolute Gasteiger partial charge is 0.502 e. The van der Waals surface area contributed by atoms with Crippen LogP contribution in [0.15, 0.2) is 12.1 Å². The zero-order valence-electron chi connectivity index (χ0n) is 10.7. The highest BCUT2D eigenvalue weighted by Crippen LogP contribution is 2.35. The molecule has 0 aliphatic rings. The van der Waals surface area contributed by atoms with E-state index in [4.69, 9.17) is 0 Å². The number of benzene rings is 1. The molecule has 0 saturated carbocycles. The molecule has 0 amide bonds. The summed E-state index contributed by atoms with van der Waals surface area (Å²) in [5.74, 6) is -0.466. The fourth-order valence-corrected chi connectivity index (χ4v) is 1.84. The molecule has 1 aromatic rings. The lowest BCUT2D eigenvalue weighted by atomic mass is 10.0. The number of hydrogen-bond donors (Lipinski definition) is 1. The van der Waals surface area contributed by atoms with Crippen molar-refractivity contribution in [2.45, 2.75) is 39.0 Å². The molecule has 7 heteroatoms. The molecule has 19 heavy (non-hydrogen) atoms. The fraction of sp³-hybridized carbons (Fsp3) is 0.500. The van der Waals surface area contributed by atoms with Crippen molar-refractivity contribution in [2.24, 2.45) is 0 Å². The Morgan fingerprint density at radius 3 is 2.32 bits per heavy atom. The molecule has 0 aliphatic carbocycles. The van der Waals surface area contributed by atoms with E-state index < -0.39 is 21.3 Å². The van der Waals surface area contributed by atoms with Crippen LogP contribution in [-0.2, 0) is 6.42 Å². The van der Waals surface area contributed by atoms with Crippen molar-refractivity contribution in [2.75, 3.05) is 0 Å². The van der Waals surface area contributed by atoms with Gasteiger partial charge in [0.2, 0.25) is 0 Å². The van der Waals surface area contributed by atoms with E-state index in [9.17, 15) is 25.3 Å². The highest BCUT2D eigenvalue weighted by Gasteiger charge is 2.23. The first kappa shape index (κ1) is 14.9. The second kappa shape index (κ2) is 6.67. The van der Waals surface area contributed by atoms with Gasteiger partial charge in [0.05, 0.1) is 15.9 Å². The third-order valence-corrected chi connectivity index (χ3v) is 2.86. The summed E-state index contributed by atoms with van der Waals surface area (Å²) in [6, 6.07) is 1.99. The lowest BCUT2D eigenvalue weighted by molar-refractivity contribution is -0.394. The van der Waals surface area contributed by atoms with E-state index in [1.165, 1.54) is 6.07 Å². The third-order valence-electron chi connectivity index (χ3n) is 2.86. The monoisotopic (exact) mass is 268 g/mol. The van der Waals surface area contributed by atoms with Crippen LogP contribution in [0.5, 0.6) is 5.75 Å². The molecule has 0 heterocycles. The molecule has 1 N–H and O–H groups in total. The Hall–Kier alpha value is -2.18. The summed E-state index contributed by atoms with van der Waals surface area (Å²) >= 11 is 0. The van der Waals surface area contributed by atoms with E-state index in [1.807, 2.05) is 0 Å². The molecule has 0 aliphatic heterocycles. The van der Waals surface area contributed by atoms with E-state index in [0.717, 1.165) is 31.7 Å². The molecule has 0 spiro atoms. The van der Waals surface area contributed by atoms with Crippen LogP contribution < -0.4 is 0 Å². The molecule has 1 aromatic carbocycles. The first-order valence-corrected chi connectivity index (χ1v) is 6.12. The zero-order chi connectivity index (χ0) is 14.4. The van der Waals surface area contributed by atoms with Crippen LogP contribution in [0, 0.1) is 20.2 Å². The number of phenols is 1. The second-order valence-electron chi connectivity index (χ2n) is 4.30. The molecule has 0 unspecified atom stereocenters. The lowest BCUT2D eigenvalue weighted by Crippen LogP contribution is -1.97. The summed E-state index contributed by atoms with van der Waals surface area (Å²) in [5.41, 5.74) is -0.716. The van der Waals surface area contributed by atoms with Crippen LogP contribution in [0.3, 0.4) is 0 Å². The highest BCUT2D eigenvalue weighted by molar-refractivity contribution is 5.57. The van der Waals surface area contributed by atoms with Gasteiger partial charge in [-0.1, -0.05) is 26.2 Å². The van der Waals surface area contributed by atoms with Crippen LogP contribution in [0.4, 0.5) is 11.4 Å². The molecular weight excluding hydrogens is 252 g/mol. The van der Waals surface area contributed by atoms with E-state index in [1.54, 1.807) is 0 Å². The van der Waals surface area contributed by atoms with Crippen LogP contribution in [0.25, 0.3) is 0 Å². The molecule has 0 radical (unpaired) electrons. The maximum atomic E-state index is 10.7. The fourth-order valence-electron chi connectivity index (χ4n) is 1.84. The average molecular weight is 268 g/mol. The van der Waals surface area contributed by atoms with E-state index >= 15 is 0 Å². The van der Waals surface area contributed by atoms with Gasteiger partial charge in [0, 0.05) is 11.6 Å². The van der Waals surface area contributed by atoms with Gasteiger partial charge in [-0.3, -0.25) is 20.2 Å². The normalized spacial score (nSPS) is 10.4. The second-order valence-corrected chi connectivity index (χ2v) is 4.30. The maximum Gasteiger partial charge on any atom is 0.317 e. The zero-order valence-corrected chi connectivity index (χ0v) is 10.7. The number of hydrogen-bond acceptors (Lipinski definition) is 5. The van der Waals surface area contributed by atoms with Gasteiger partial charge in [-0.2, -0.15) is 0 Å². The summed E-state index contributed by atoms with van der Waals surface area (Å²) in [4.78, 5) is 20.0. The highest BCUT2D eigenvalue weighted by atomic mass is 16.6. The molecule has 0 atom stereocenters. The number of phenolic OH excluding ortho intramolecular Hbond substituents is 1. The molecule has 1 rings (SSSR count). The van der Waals surface area contributed by atoms with E-state index in [0.29, 0.717) is 6.42 Å². The maximum absolute atomic E-state index is 10.7. The topological polar surface area (TPSA) is 107 Å². The summed E-state index contributed by atoms with van der Waals surface area (Å²) < 4.78 is 0. The van der Waals surface area contributed by atoms with Crippen LogP contribution in [0.2, 0.25) is 0 Å². The molecule has 0 saturated heterocycles. The molecule has 7 nitrogen and oxygen atoms in total. The number of unbranched alkanes of at least 4 members (excludes halogenated alkanes) is 3. The van der Waals surface area contributed by atoms with Crippen molar-refractivity contribution in [1.82, 2.24) is 0 Å². The smallest absolute Gasteiger partial charge is 0.317 e. The van der Waals surface area contributed by atoms with Gasteiger partial charge in [-0.05, 0) is 12.8 Å². The van der Waals surface area contributed by atoms with Gasteiger partial charge >= 0.3 is 5.69 Å². The number of rotatable bonds is 7. The summed E-state index contributed by atoms with van der Waals surface area (Å²) in [6.45, 7) is 2.05. The molecule has 104 valence electrons. The van der Waals surface area contributed by atoms with Gasteiger partial charge in [-0.25, -0.2) is 0 Å². The summed E-state index contributed by atoms with van der Waals surface area (Å²) in [6.07, 6.45) is 4.12. The average Bonchev–Trinajstić information content (AvgIpc) is 2.35. The standard InChI is InChI=1S/C12H16N2O5/c1-2-3-4-5-6-9-7-10(13(16)17)8-11(12(9)15)14(18)19/h7-8,15H,2-6H2,1H3. The van der Waals surface area contributed by atoms with E-state index in [2.05, 4.69) is 6.92 Å². The molecule has 0 fully saturated rings. The SMILES string of the molecule is CCCCCCc1cc([N+](=O)[O-])cc([N+](=O)[O-])c1O. The van der Waals surface area contributed by atoms with Gasteiger partial charge in [-0.15, -0.1) is 0 Å². The Morgan fingerprint density at radius 2 is 1.79 bits per heavy atom. The van der Waals surface area contributed by atoms with Crippen LogP contribution in [0.1, 0.15) is 38.2 Å². The number of non-ortho nitro benzene ring substituents is 1. The van der Waals surface area contributed by atoms with Crippen molar-refractivity contribution in [3.8, 4) is 5.75 Å². The Labute approximate surface area is 110 Å². The number of nitro groups is 2. The molecular formula is C12H16N2O5. The van der Waals surface area contributed by atoms with Crippen LogP contribution >= 0.6 is 0 Å². The van der Waals surface area contributed by atoms with Crippen molar-refractivity contribution >= 4 is 11.4 Å². The Kier molecular flexibility index (Phi) is 5.23.